The Morgan fingerprint density at radius 1 is 1.20 bits per heavy atom. The molecule has 0 saturated heterocycles. The van der Waals surface area contributed by atoms with E-state index in [9.17, 15) is 19.4 Å². The van der Waals surface area contributed by atoms with Crippen LogP contribution in [0.2, 0.25) is 0 Å². The number of amides is 1. The molecule has 25 heavy (non-hydrogen) atoms. The Hall–Kier alpha value is -2.14. The predicted octanol–water partition coefficient (Wildman–Crippen LogP) is 1.36. The predicted molar refractivity (Wildman–Crippen MR) is 91.6 cm³/mol. The molecular weight excluding hydrogens is 388 g/mol. The molecule has 1 fully saturated rings. The Balaban J connectivity index is 1.81. The van der Waals surface area contributed by atoms with Crippen LogP contribution in [0.3, 0.4) is 0 Å². The SMILES string of the molecule is O=C(NCc1ccc(F)cc1)c1nc(C2([AsH2])CCCC2)nc(O)c1O. The van der Waals surface area contributed by atoms with Gasteiger partial charge in [-0.15, -0.1) is 0 Å². The average molecular weight is 407 g/mol. The zero-order chi connectivity index (χ0) is 18.0. The minimum absolute atomic E-state index is 0.153. The van der Waals surface area contributed by atoms with E-state index in [1.165, 1.54) is 29.0 Å². The molecule has 0 bridgehead atoms. The molecule has 0 radical (unpaired) electrons. The zero-order valence-electron chi connectivity index (χ0n) is 13.5. The van der Waals surface area contributed by atoms with Crippen molar-refractivity contribution in [3.8, 4) is 11.6 Å². The van der Waals surface area contributed by atoms with Crippen LogP contribution >= 0.6 is 0 Å². The summed E-state index contributed by atoms with van der Waals surface area (Å²) < 4.78 is 12.7. The molecule has 8 heteroatoms. The summed E-state index contributed by atoms with van der Waals surface area (Å²) in [6, 6.07) is 5.72. The molecule has 1 unspecified atom stereocenters. The molecule has 0 spiro atoms. The van der Waals surface area contributed by atoms with Gasteiger partial charge in [0.2, 0.25) is 0 Å². The van der Waals surface area contributed by atoms with Crippen molar-refractivity contribution in [2.45, 2.75) is 36.4 Å². The van der Waals surface area contributed by atoms with Crippen molar-refractivity contribution < 1.29 is 19.4 Å². The van der Waals surface area contributed by atoms with Crippen molar-refractivity contribution in [2.75, 3.05) is 0 Å². The number of rotatable bonds is 4. The third-order valence-corrected chi connectivity index (χ3v) is 6.14. The van der Waals surface area contributed by atoms with Crippen LogP contribution in [0.25, 0.3) is 0 Å². The number of hydrogen-bond acceptors (Lipinski definition) is 5. The van der Waals surface area contributed by atoms with E-state index in [2.05, 4.69) is 15.3 Å². The molecule has 1 aliphatic carbocycles. The van der Waals surface area contributed by atoms with Gasteiger partial charge < -0.3 is 0 Å². The maximum atomic E-state index is 12.9. The van der Waals surface area contributed by atoms with E-state index < -0.39 is 17.5 Å². The van der Waals surface area contributed by atoms with E-state index >= 15 is 0 Å². The molecular formula is C17H19AsFN3O3. The summed E-state index contributed by atoms with van der Waals surface area (Å²) in [4.78, 5) is 20.6. The number of aromatic hydroxyl groups is 2. The van der Waals surface area contributed by atoms with Crippen molar-refractivity contribution in [3.05, 3.63) is 47.2 Å². The number of carbonyl (C=O) groups is 1. The fourth-order valence-electron chi connectivity index (χ4n) is 2.92. The van der Waals surface area contributed by atoms with Crippen molar-refractivity contribution in [3.63, 3.8) is 0 Å². The van der Waals surface area contributed by atoms with Crippen LogP contribution in [-0.2, 0) is 10.7 Å². The van der Waals surface area contributed by atoms with Crippen molar-refractivity contribution in [2.24, 2.45) is 0 Å². The van der Waals surface area contributed by atoms with Crippen molar-refractivity contribution >= 4 is 22.8 Å². The molecule has 1 aliphatic rings. The molecule has 1 saturated carbocycles. The van der Waals surface area contributed by atoms with E-state index in [0.29, 0.717) is 11.4 Å². The number of halogens is 1. The summed E-state index contributed by atoms with van der Waals surface area (Å²) in [5, 5.41) is 22.5. The Morgan fingerprint density at radius 2 is 1.84 bits per heavy atom. The summed E-state index contributed by atoms with van der Waals surface area (Å²) in [5.41, 5.74) is 0.465. The van der Waals surface area contributed by atoms with Crippen molar-refractivity contribution in [1.29, 1.82) is 0 Å². The van der Waals surface area contributed by atoms with Crippen LogP contribution in [0, 0.1) is 5.82 Å². The monoisotopic (exact) mass is 407 g/mol. The first-order valence-electron chi connectivity index (χ1n) is 8.01. The van der Waals surface area contributed by atoms with E-state index in [0.717, 1.165) is 25.7 Å². The fourth-order valence-corrected chi connectivity index (χ4v) is 4.05. The minimum atomic E-state index is -0.630. The topological polar surface area (TPSA) is 95.3 Å². The molecule has 0 aliphatic heterocycles. The Morgan fingerprint density at radius 3 is 2.48 bits per heavy atom. The van der Waals surface area contributed by atoms with E-state index in [1.54, 1.807) is 12.1 Å². The van der Waals surface area contributed by atoms with Gasteiger partial charge >= 0.3 is 153 Å². The second kappa shape index (κ2) is 7.00. The van der Waals surface area contributed by atoms with Crippen LogP contribution in [0.1, 0.15) is 47.6 Å². The Kier molecular flexibility index (Phi) is 4.95. The number of hydrogen-bond donors (Lipinski definition) is 3. The maximum absolute atomic E-state index is 12.9. The Labute approximate surface area is 153 Å². The molecule has 3 N–H and O–H groups in total. The molecule has 1 aromatic carbocycles. The van der Waals surface area contributed by atoms with E-state index in [1.807, 2.05) is 0 Å². The molecule has 1 heterocycles. The van der Waals surface area contributed by atoms with Crippen LogP contribution < -0.4 is 5.32 Å². The summed E-state index contributed by atoms with van der Waals surface area (Å²) in [5.74, 6) is -1.79. The number of nitrogens with zero attached hydrogens (tertiary/aromatic N) is 2. The van der Waals surface area contributed by atoms with Crippen molar-refractivity contribution in [1.82, 2.24) is 15.3 Å². The van der Waals surface area contributed by atoms with Gasteiger partial charge in [0.1, 0.15) is 0 Å². The van der Waals surface area contributed by atoms with Gasteiger partial charge in [-0.2, -0.15) is 0 Å². The van der Waals surface area contributed by atoms with Crippen LogP contribution in [0.4, 0.5) is 4.39 Å². The zero-order valence-corrected chi connectivity index (χ0v) is 15.9. The third-order valence-electron chi connectivity index (χ3n) is 4.39. The molecule has 3 rings (SSSR count). The fraction of sp³-hybridized carbons (Fsp3) is 0.353. The number of aromatic nitrogens is 2. The van der Waals surface area contributed by atoms with Gasteiger partial charge in [0.05, 0.1) is 0 Å². The number of nitrogens with one attached hydrogen (secondary N) is 1. The normalized spacial score (nSPS) is 15.9. The van der Waals surface area contributed by atoms with Gasteiger partial charge in [-0.1, -0.05) is 0 Å². The molecule has 1 atom stereocenters. The quantitative estimate of drug-likeness (QED) is 0.666. The van der Waals surface area contributed by atoms with E-state index in [4.69, 9.17) is 0 Å². The first kappa shape index (κ1) is 17.7. The van der Waals surface area contributed by atoms with Crippen LogP contribution in [0.15, 0.2) is 24.3 Å². The number of carbonyl (C=O) groups excluding carboxylic acids is 1. The standard InChI is InChI=1S/C17H19AsFN3O3/c18-17(7-1-2-8-17)16-21-12(13(23)15(25)22-16)14(24)20-9-10-3-5-11(19)6-4-10/h3-6,23H,1-2,7-9,18H2,(H,20,24)(H,21,22,25). The molecule has 1 aromatic heterocycles. The summed E-state index contributed by atoms with van der Waals surface area (Å²) in [7, 11) is 0. The summed E-state index contributed by atoms with van der Waals surface area (Å²) >= 11 is 1.46. The van der Waals surface area contributed by atoms with Gasteiger partial charge in [0.15, 0.2) is 0 Å². The molecule has 2 aromatic rings. The van der Waals surface area contributed by atoms with Gasteiger partial charge in [-0.25, -0.2) is 0 Å². The van der Waals surface area contributed by atoms with Gasteiger partial charge in [-0.05, 0) is 0 Å². The summed E-state index contributed by atoms with van der Waals surface area (Å²) in [6.45, 7) is 0.153. The molecule has 1 amide bonds. The van der Waals surface area contributed by atoms with Gasteiger partial charge in [0, 0.05) is 0 Å². The number of benzene rings is 1. The molecule has 6 nitrogen and oxygen atoms in total. The Bertz CT molecular complexity index is 792. The van der Waals surface area contributed by atoms with E-state index in [-0.39, 0.29) is 22.3 Å². The second-order valence-corrected chi connectivity index (χ2v) is 8.56. The van der Waals surface area contributed by atoms with Gasteiger partial charge in [0.25, 0.3) is 0 Å². The second-order valence-electron chi connectivity index (χ2n) is 6.24. The van der Waals surface area contributed by atoms with Crippen LogP contribution in [0.5, 0.6) is 11.6 Å². The first-order chi connectivity index (χ1) is 11.9. The summed E-state index contributed by atoms with van der Waals surface area (Å²) in [6.07, 6.45) is 3.90. The van der Waals surface area contributed by atoms with Crippen LogP contribution in [-0.4, -0.2) is 42.9 Å². The third kappa shape index (κ3) is 3.76. The van der Waals surface area contributed by atoms with Gasteiger partial charge in [-0.3, -0.25) is 0 Å². The average Bonchev–Trinajstić information content (AvgIpc) is 3.04. The first-order valence-corrected chi connectivity index (χ1v) is 9.22. The molecule has 132 valence electrons.